The molecule has 0 amide bonds. The van der Waals surface area contributed by atoms with E-state index in [-0.39, 0.29) is 0 Å². The van der Waals surface area contributed by atoms with Gasteiger partial charge >= 0.3 is 88.4 Å². The Morgan fingerprint density at radius 2 is 2.33 bits per heavy atom. The van der Waals surface area contributed by atoms with E-state index in [2.05, 4.69) is 12.1 Å². The third kappa shape index (κ3) is 1.77. The first-order chi connectivity index (χ1) is 5.90. The summed E-state index contributed by atoms with van der Waals surface area (Å²) in [4.78, 5) is 0. The van der Waals surface area contributed by atoms with Gasteiger partial charge in [0.15, 0.2) is 0 Å². The maximum absolute atomic E-state index is 5.87. The van der Waals surface area contributed by atoms with E-state index < -0.39 is 23.3 Å². The van der Waals surface area contributed by atoms with Crippen molar-refractivity contribution in [2.24, 2.45) is 0 Å². The molecule has 0 radical (unpaired) electrons. The van der Waals surface area contributed by atoms with Gasteiger partial charge in [0.25, 0.3) is 0 Å². The van der Waals surface area contributed by atoms with Gasteiger partial charge in [0.05, 0.1) is 0 Å². The van der Waals surface area contributed by atoms with Crippen LogP contribution in [0.2, 0.25) is 3.93 Å². The standard InChI is InChI=1S/C9H9O.ClH.Hg/c1-7-6-8-4-2-3-5-9(8)10-7;;/h2-5,7H,1,6H2;1H;/q;;+1/p-1. The van der Waals surface area contributed by atoms with Crippen LogP contribution in [-0.4, -0.2) is 6.10 Å². The monoisotopic (exact) mass is 370 g/mol. The summed E-state index contributed by atoms with van der Waals surface area (Å²) < 4.78 is 6.88. The summed E-state index contributed by atoms with van der Waals surface area (Å²) in [6.07, 6.45) is 1.48. The zero-order chi connectivity index (χ0) is 8.39. The fraction of sp³-hybridized carbons (Fsp3) is 0.333. The van der Waals surface area contributed by atoms with Gasteiger partial charge in [-0.25, -0.2) is 0 Å². The third-order valence-electron chi connectivity index (χ3n) is 2.14. The normalized spacial score (nSPS) is 19.6. The van der Waals surface area contributed by atoms with Crippen molar-refractivity contribution in [1.29, 1.82) is 0 Å². The number of para-hydroxylation sites is 1. The molecule has 3 heteroatoms. The summed E-state index contributed by atoms with van der Waals surface area (Å²) in [6.45, 7) is 0. The number of halogens is 1. The summed E-state index contributed by atoms with van der Waals surface area (Å²) >= 11 is -1.02. The third-order valence-corrected chi connectivity index (χ3v) is 7.41. The van der Waals surface area contributed by atoms with Crippen LogP contribution in [0.3, 0.4) is 0 Å². The van der Waals surface area contributed by atoms with Crippen molar-refractivity contribution < 1.29 is 28.1 Å². The molecule has 0 aromatic heterocycles. The Kier molecular flexibility index (Phi) is 2.92. The SMILES string of the molecule is [Cl][Hg][CH2]C1Cc2ccccc2O1. The summed E-state index contributed by atoms with van der Waals surface area (Å²) in [7, 11) is 5.87. The molecule has 0 N–H and O–H groups in total. The molecule has 1 aromatic carbocycles. The Hall–Kier alpha value is 0.245. The number of hydrogen-bond donors (Lipinski definition) is 0. The summed E-state index contributed by atoms with van der Waals surface area (Å²) in [6, 6.07) is 8.27. The molecule has 60 valence electrons. The van der Waals surface area contributed by atoms with Gasteiger partial charge in [0.2, 0.25) is 0 Å². The van der Waals surface area contributed by atoms with Crippen LogP contribution in [0.1, 0.15) is 5.56 Å². The van der Waals surface area contributed by atoms with Gasteiger partial charge in [-0.2, -0.15) is 0 Å². The summed E-state index contributed by atoms with van der Waals surface area (Å²) in [5.74, 6) is 1.07. The topological polar surface area (TPSA) is 9.23 Å². The van der Waals surface area contributed by atoms with Gasteiger partial charge in [-0.15, -0.1) is 0 Å². The number of benzene rings is 1. The van der Waals surface area contributed by atoms with Crippen molar-refractivity contribution in [2.45, 2.75) is 16.5 Å². The Balaban J connectivity index is 2.11. The van der Waals surface area contributed by atoms with Crippen LogP contribution in [0, 0.1) is 0 Å². The molecule has 12 heavy (non-hydrogen) atoms. The van der Waals surface area contributed by atoms with E-state index in [4.69, 9.17) is 13.0 Å². The Morgan fingerprint density at radius 1 is 1.50 bits per heavy atom. The van der Waals surface area contributed by atoms with Crippen LogP contribution in [0.4, 0.5) is 0 Å². The van der Waals surface area contributed by atoms with Crippen molar-refractivity contribution in [2.75, 3.05) is 0 Å². The Labute approximate surface area is 87.9 Å². The molecule has 2 rings (SSSR count). The Bertz CT molecular complexity index is 252. The number of fused-ring (bicyclic) bond motifs is 1. The predicted molar refractivity (Wildman–Crippen MR) is 45.2 cm³/mol. The van der Waals surface area contributed by atoms with Crippen molar-refractivity contribution >= 4 is 8.25 Å². The zero-order valence-electron chi connectivity index (χ0n) is 6.79. The maximum atomic E-state index is 5.87. The molecular formula is C9H9ClHgO. The van der Waals surface area contributed by atoms with E-state index in [0.717, 1.165) is 16.1 Å². The van der Waals surface area contributed by atoms with E-state index in [1.807, 2.05) is 12.1 Å². The molecule has 1 aromatic rings. The molecule has 1 unspecified atom stereocenters. The second-order valence-corrected chi connectivity index (χ2v) is 10.1. The zero-order valence-corrected chi connectivity index (χ0v) is 13.0. The van der Waals surface area contributed by atoms with Crippen LogP contribution in [0.15, 0.2) is 24.3 Å². The molecule has 1 atom stereocenters. The van der Waals surface area contributed by atoms with Gasteiger partial charge in [0.1, 0.15) is 0 Å². The van der Waals surface area contributed by atoms with Gasteiger partial charge in [-0.3, -0.25) is 0 Å². The minimum absolute atomic E-state index is 0.404. The first kappa shape index (κ1) is 8.83. The van der Waals surface area contributed by atoms with Crippen LogP contribution in [-0.2, 0) is 29.8 Å². The first-order valence-electron chi connectivity index (χ1n) is 4.20. The van der Waals surface area contributed by atoms with E-state index in [1.165, 1.54) is 5.56 Å². The second-order valence-electron chi connectivity index (χ2n) is 3.03. The van der Waals surface area contributed by atoms with E-state index in [0.29, 0.717) is 6.10 Å². The molecule has 1 aliphatic rings. The van der Waals surface area contributed by atoms with E-state index >= 15 is 0 Å². The first-order valence-corrected chi connectivity index (χ1v) is 14.9. The van der Waals surface area contributed by atoms with Gasteiger partial charge < -0.3 is 0 Å². The molecular weight excluding hydrogens is 360 g/mol. The van der Waals surface area contributed by atoms with Crippen LogP contribution in [0.25, 0.3) is 0 Å². The molecule has 1 nitrogen and oxygen atoms in total. The molecule has 1 aliphatic heterocycles. The van der Waals surface area contributed by atoms with Gasteiger partial charge in [-0.05, 0) is 0 Å². The fourth-order valence-electron chi connectivity index (χ4n) is 1.54. The Morgan fingerprint density at radius 3 is 3.08 bits per heavy atom. The molecule has 0 spiro atoms. The number of hydrogen-bond acceptors (Lipinski definition) is 1. The molecule has 0 bridgehead atoms. The number of ether oxygens (including phenoxy) is 1. The molecule has 0 aliphatic carbocycles. The molecule has 0 saturated carbocycles. The molecule has 0 fully saturated rings. The average Bonchev–Trinajstić information content (AvgIpc) is 2.47. The second kappa shape index (κ2) is 3.97. The minimum atomic E-state index is -1.02. The van der Waals surface area contributed by atoms with Crippen molar-refractivity contribution in [3.8, 4) is 5.75 Å². The quantitative estimate of drug-likeness (QED) is 0.729. The van der Waals surface area contributed by atoms with Crippen LogP contribution < -0.4 is 4.74 Å². The van der Waals surface area contributed by atoms with E-state index in [1.54, 1.807) is 0 Å². The molecule has 1 heterocycles. The van der Waals surface area contributed by atoms with Gasteiger partial charge in [-0.1, -0.05) is 0 Å². The number of rotatable bonds is 2. The fourth-order valence-corrected chi connectivity index (χ4v) is 5.87. The van der Waals surface area contributed by atoms with Crippen molar-refractivity contribution in [3.05, 3.63) is 29.8 Å². The summed E-state index contributed by atoms with van der Waals surface area (Å²) in [5.41, 5.74) is 1.35. The predicted octanol–water partition coefficient (Wildman–Crippen LogP) is 2.64. The molecule has 0 saturated heterocycles. The van der Waals surface area contributed by atoms with Gasteiger partial charge in [0, 0.05) is 0 Å². The summed E-state index contributed by atoms with van der Waals surface area (Å²) in [5, 5.41) is 0. The van der Waals surface area contributed by atoms with Crippen LogP contribution >= 0.6 is 8.25 Å². The average molecular weight is 369 g/mol. The van der Waals surface area contributed by atoms with Crippen molar-refractivity contribution in [1.82, 2.24) is 0 Å². The van der Waals surface area contributed by atoms with Crippen LogP contribution in [0.5, 0.6) is 5.75 Å². The van der Waals surface area contributed by atoms with Crippen molar-refractivity contribution in [3.63, 3.8) is 0 Å². The van der Waals surface area contributed by atoms with E-state index in [9.17, 15) is 0 Å².